The van der Waals surface area contributed by atoms with Gasteiger partial charge in [-0.25, -0.2) is 4.79 Å². The van der Waals surface area contributed by atoms with Gasteiger partial charge in [0.15, 0.2) is 0 Å². The van der Waals surface area contributed by atoms with Gasteiger partial charge in [0, 0.05) is 23.5 Å². The lowest BCUT2D eigenvalue weighted by molar-refractivity contribution is -0.153. The Labute approximate surface area is 170 Å². The highest BCUT2D eigenvalue weighted by atomic mass is 16.7. The van der Waals surface area contributed by atoms with Gasteiger partial charge in [0.2, 0.25) is 5.91 Å². The van der Waals surface area contributed by atoms with E-state index in [1.54, 1.807) is 13.8 Å². The SMILES string of the molecule is CC1=C(C)C(O/C=C2/C(=O)N(C(=O)CC(C)C)C3Cc4ccccc4C23)OC1=O. The van der Waals surface area contributed by atoms with Crippen molar-refractivity contribution < 1.29 is 23.9 Å². The quantitative estimate of drug-likeness (QED) is 0.445. The maximum Gasteiger partial charge on any atom is 0.337 e. The Bertz CT molecular complexity index is 958. The normalized spacial score (nSPS) is 27.0. The summed E-state index contributed by atoms with van der Waals surface area (Å²) in [6, 6.07) is 7.72. The first-order chi connectivity index (χ1) is 13.8. The van der Waals surface area contributed by atoms with Crippen LogP contribution in [-0.4, -0.2) is 35.0 Å². The second kappa shape index (κ2) is 7.17. The van der Waals surface area contributed by atoms with Crippen molar-refractivity contribution in [3.63, 3.8) is 0 Å². The Morgan fingerprint density at radius 1 is 1.28 bits per heavy atom. The fourth-order valence-electron chi connectivity index (χ4n) is 4.36. The van der Waals surface area contributed by atoms with Gasteiger partial charge in [-0.1, -0.05) is 38.1 Å². The van der Waals surface area contributed by atoms with Gasteiger partial charge in [-0.3, -0.25) is 14.5 Å². The molecule has 1 aromatic carbocycles. The van der Waals surface area contributed by atoms with Crippen molar-refractivity contribution >= 4 is 17.8 Å². The van der Waals surface area contributed by atoms with Gasteiger partial charge in [-0.05, 0) is 37.3 Å². The Morgan fingerprint density at radius 2 is 2.00 bits per heavy atom. The molecule has 0 radical (unpaired) electrons. The van der Waals surface area contributed by atoms with E-state index < -0.39 is 12.3 Å². The number of carbonyl (C=O) groups is 3. The van der Waals surface area contributed by atoms with E-state index in [1.807, 2.05) is 38.1 Å². The highest BCUT2D eigenvalue weighted by molar-refractivity contribution is 6.08. The molecule has 2 aliphatic heterocycles. The van der Waals surface area contributed by atoms with Crippen molar-refractivity contribution in [1.29, 1.82) is 0 Å². The number of benzene rings is 1. The third-order valence-corrected chi connectivity index (χ3v) is 5.97. The molecule has 0 spiro atoms. The lowest BCUT2D eigenvalue weighted by Gasteiger charge is -2.22. The number of hydrogen-bond donors (Lipinski definition) is 0. The van der Waals surface area contributed by atoms with Crippen LogP contribution in [0.5, 0.6) is 0 Å². The molecule has 0 N–H and O–H groups in total. The van der Waals surface area contributed by atoms with E-state index in [-0.39, 0.29) is 29.7 Å². The molecule has 152 valence electrons. The lowest BCUT2D eigenvalue weighted by atomic mass is 9.94. The Hall–Kier alpha value is -2.89. The summed E-state index contributed by atoms with van der Waals surface area (Å²) in [4.78, 5) is 39.2. The number of nitrogens with zero attached hydrogens (tertiary/aromatic N) is 1. The van der Waals surface area contributed by atoms with Crippen molar-refractivity contribution in [1.82, 2.24) is 4.90 Å². The van der Waals surface area contributed by atoms with Gasteiger partial charge in [0.05, 0.1) is 17.9 Å². The minimum atomic E-state index is -0.835. The van der Waals surface area contributed by atoms with E-state index in [1.165, 1.54) is 11.2 Å². The zero-order valence-corrected chi connectivity index (χ0v) is 17.1. The Morgan fingerprint density at radius 3 is 2.66 bits per heavy atom. The van der Waals surface area contributed by atoms with E-state index in [0.717, 1.165) is 11.1 Å². The molecule has 1 saturated heterocycles. The largest absolute Gasteiger partial charge is 0.458 e. The molecule has 3 atom stereocenters. The third kappa shape index (κ3) is 3.16. The van der Waals surface area contributed by atoms with Crippen LogP contribution >= 0.6 is 0 Å². The Balaban J connectivity index is 1.68. The van der Waals surface area contributed by atoms with E-state index in [2.05, 4.69) is 0 Å². The number of fused-ring (bicyclic) bond motifs is 3. The van der Waals surface area contributed by atoms with E-state index in [4.69, 9.17) is 9.47 Å². The molecular weight excluding hydrogens is 370 g/mol. The van der Waals surface area contributed by atoms with Crippen LogP contribution in [-0.2, 0) is 30.3 Å². The van der Waals surface area contributed by atoms with Crippen LogP contribution in [0.25, 0.3) is 0 Å². The maximum absolute atomic E-state index is 13.2. The van der Waals surface area contributed by atoms with Gasteiger partial charge in [0.1, 0.15) is 0 Å². The highest BCUT2D eigenvalue weighted by Crippen LogP contribution is 2.47. The lowest BCUT2D eigenvalue weighted by Crippen LogP contribution is -2.40. The summed E-state index contributed by atoms with van der Waals surface area (Å²) in [7, 11) is 0. The molecule has 4 rings (SSSR count). The molecule has 6 nitrogen and oxygen atoms in total. The first-order valence-corrected chi connectivity index (χ1v) is 9.97. The van der Waals surface area contributed by atoms with Gasteiger partial charge in [-0.15, -0.1) is 0 Å². The predicted molar refractivity (Wildman–Crippen MR) is 105 cm³/mol. The fourth-order valence-corrected chi connectivity index (χ4v) is 4.36. The molecule has 1 aliphatic carbocycles. The monoisotopic (exact) mass is 395 g/mol. The zero-order chi connectivity index (χ0) is 20.9. The topological polar surface area (TPSA) is 72.9 Å². The van der Waals surface area contributed by atoms with Crippen molar-refractivity contribution in [3.05, 3.63) is 58.4 Å². The van der Waals surface area contributed by atoms with Crippen LogP contribution in [0.2, 0.25) is 0 Å². The number of carbonyl (C=O) groups excluding carboxylic acids is 3. The summed E-state index contributed by atoms with van der Waals surface area (Å²) in [6.07, 6.45) is 1.52. The number of cyclic esters (lactones) is 1. The van der Waals surface area contributed by atoms with Crippen LogP contribution in [0.3, 0.4) is 0 Å². The summed E-state index contributed by atoms with van der Waals surface area (Å²) in [5, 5.41) is 0. The van der Waals surface area contributed by atoms with Crippen molar-refractivity contribution in [2.24, 2.45) is 5.92 Å². The summed E-state index contributed by atoms with van der Waals surface area (Å²) in [5.41, 5.74) is 3.83. The molecule has 3 aliphatic rings. The standard InChI is InChI=1S/C23H25NO5/c1-12(2)9-19(25)24-18-10-15-7-5-6-8-16(15)20(18)17(21(24)26)11-28-23-14(4)13(3)22(27)29-23/h5-8,11-12,18,20,23H,9-10H2,1-4H3/b17-11+. The number of esters is 1. The smallest absolute Gasteiger partial charge is 0.337 e. The van der Waals surface area contributed by atoms with Gasteiger partial charge in [0.25, 0.3) is 12.2 Å². The van der Waals surface area contributed by atoms with Crippen molar-refractivity contribution in [3.8, 4) is 0 Å². The number of ether oxygens (including phenoxy) is 2. The first kappa shape index (κ1) is 19.4. The number of amides is 2. The van der Waals surface area contributed by atoms with Crippen LogP contribution < -0.4 is 0 Å². The molecular formula is C23H25NO5. The third-order valence-electron chi connectivity index (χ3n) is 5.97. The summed E-state index contributed by atoms with van der Waals surface area (Å²) in [6.45, 7) is 7.38. The summed E-state index contributed by atoms with van der Waals surface area (Å²) in [5.74, 6) is -0.951. The zero-order valence-electron chi connectivity index (χ0n) is 17.1. The van der Waals surface area contributed by atoms with Crippen LogP contribution in [0.4, 0.5) is 0 Å². The molecule has 29 heavy (non-hydrogen) atoms. The number of rotatable bonds is 4. The molecule has 0 bridgehead atoms. The van der Waals surface area contributed by atoms with E-state index in [0.29, 0.717) is 29.6 Å². The number of imide groups is 1. The highest BCUT2D eigenvalue weighted by Gasteiger charge is 2.51. The fraction of sp³-hybridized carbons (Fsp3) is 0.435. The first-order valence-electron chi connectivity index (χ1n) is 9.97. The number of likely N-dealkylation sites (tertiary alicyclic amines) is 1. The second-order valence-corrected chi connectivity index (χ2v) is 8.37. The maximum atomic E-state index is 13.2. The van der Waals surface area contributed by atoms with Crippen molar-refractivity contribution in [2.45, 2.75) is 58.8 Å². The van der Waals surface area contributed by atoms with E-state index in [9.17, 15) is 14.4 Å². The van der Waals surface area contributed by atoms with Crippen LogP contribution in [0, 0.1) is 5.92 Å². The predicted octanol–water partition coefficient (Wildman–Crippen LogP) is 3.23. The minimum absolute atomic E-state index is 0.157. The van der Waals surface area contributed by atoms with E-state index >= 15 is 0 Å². The molecule has 3 unspecified atom stereocenters. The second-order valence-electron chi connectivity index (χ2n) is 8.37. The van der Waals surface area contributed by atoms with Crippen molar-refractivity contribution in [2.75, 3.05) is 0 Å². The Kier molecular flexibility index (Phi) is 4.81. The van der Waals surface area contributed by atoms with Crippen LogP contribution in [0.15, 0.2) is 47.2 Å². The number of hydrogen-bond acceptors (Lipinski definition) is 5. The van der Waals surface area contributed by atoms with Gasteiger partial charge >= 0.3 is 5.97 Å². The average molecular weight is 395 g/mol. The molecule has 1 aromatic rings. The van der Waals surface area contributed by atoms with Crippen LogP contribution in [0.1, 0.15) is 51.2 Å². The average Bonchev–Trinajstić information content (AvgIpc) is 3.24. The summed E-state index contributed by atoms with van der Waals surface area (Å²) < 4.78 is 10.9. The molecule has 0 saturated carbocycles. The molecule has 2 heterocycles. The minimum Gasteiger partial charge on any atom is -0.458 e. The van der Waals surface area contributed by atoms with Gasteiger partial charge < -0.3 is 9.47 Å². The molecule has 2 amide bonds. The molecule has 6 heteroatoms. The van der Waals surface area contributed by atoms with Gasteiger partial charge in [-0.2, -0.15) is 0 Å². The molecule has 1 fully saturated rings. The summed E-state index contributed by atoms with van der Waals surface area (Å²) >= 11 is 0. The molecule has 0 aromatic heterocycles.